The number of carboxylic acid groups (broad SMARTS) is 2. The molecule has 0 aliphatic heterocycles. The maximum absolute atomic E-state index is 13.4. The number of aliphatic carboxylic acids is 2. The monoisotopic (exact) mass is 767 g/mol. The van der Waals surface area contributed by atoms with Crippen molar-refractivity contribution in [2.75, 3.05) is 25.6 Å². The van der Waals surface area contributed by atoms with Crippen LogP contribution in [0.25, 0.3) is 11.1 Å². The highest BCUT2D eigenvalue weighted by Crippen LogP contribution is 2.43. The minimum Gasteiger partial charge on any atom is -0.481 e. The van der Waals surface area contributed by atoms with E-state index in [2.05, 4.69) is 25.9 Å². The van der Waals surface area contributed by atoms with Crippen molar-refractivity contribution < 1.29 is 44.3 Å². The second-order valence-electron chi connectivity index (χ2n) is 12.9. The molecule has 0 fully saturated rings. The lowest BCUT2D eigenvalue weighted by molar-refractivity contribution is -0.146. The van der Waals surface area contributed by atoms with Gasteiger partial charge in [-0.1, -0.05) is 59.6 Å². The Labute approximate surface area is 315 Å². The number of carboxylic acids is 2. The summed E-state index contributed by atoms with van der Waals surface area (Å²) in [6.07, 6.45) is 2.33. The number of methoxy groups -OCH3 is 1. The zero-order chi connectivity index (χ0) is 38.5. The fourth-order valence-corrected chi connectivity index (χ4v) is 6.23. The predicted octanol–water partition coefficient (Wildman–Crippen LogP) is 4.63. The molecule has 1 amide bonds. The number of amides is 1. The van der Waals surface area contributed by atoms with Gasteiger partial charge >= 0.3 is 11.9 Å². The van der Waals surface area contributed by atoms with Crippen molar-refractivity contribution in [1.29, 1.82) is 0 Å². The van der Waals surface area contributed by atoms with Gasteiger partial charge in [-0.2, -0.15) is 4.98 Å². The van der Waals surface area contributed by atoms with Crippen LogP contribution >= 0.6 is 23.2 Å². The number of halogens is 2. The molecule has 0 spiro atoms. The van der Waals surface area contributed by atoms with Crippen LogP contribution in [0, 0.1) is 0 Å². The third-order valence-electron chi connectivity index (χ3n) is 9.17. The maximum atomic E-state index is 13.4. The Hall–Kier alpha value is -4.83. The number of benzene rings is 2. The van der Waals surface area contributed by atoms with E-state index in [1.54, 1.807) is 30.3 Å². The minimum atomic E-state index is -1.58. The number of hydrogen-bond donors (Lipinski definition) is 7. The van der Waals surface area contributed by atoms with E-state index in [0.717, 1.165) is 16.7 Å². The number of aliphatic hydroxyl groups is 2. The summed E-state index contributed by atoms with van der Waals surface area (Å²) in [5, 5.41) is 46.6. The van der Waals surface area contributed by atoms with Crippen molar-refractivity contribution in [3.05, 3.63) is 98.7 Å². The zero-order valence-electron chi connectivity index (χ0n) is 29.1. The normalized spacial score (nSPS) is 15.9. The quantitative estimate of drug-likeness (QED) is 0.0830. The third kappa shape index (κ3) is 8.54. The maximum Gasteiger partial charge on any atom is 0.326 e. The van der Waals surface area contributed by atoms with E-state index in [1.807, 2.05) is 24.3 Å². The van der Waals surface area contributed by atoms with Gasteiger partial charge in [0.2, 0.25) is 11.8 Å². The first-order chi connectivity index (χ1) is 25.2. The van der Waals surface area contributed by atoms with Crippen LogP contribution in [-0.2, 0) is 29.1 Å². The zero-order valence-corrected chi connectivity index (χ0v) is 30.6. The van der Waals surface area contributed by atoms with Crippen LogP contribution < -0.4 is 25.4 Å². The highest BCUT2D eigenvalue weighted by atomic mass is 35.5. The summed E-state index contributed by atoms with van der Waals surface area (Å²) in [5.41, 5.74) is 1.65. The van der Waals surface area contributed by atoms with Gasteiger partial charge in [0.25, 0.3) is 5.91 Å². The molecule has 280 valence electrons. The lowest BCUT2D eigenvalue weighted by atomic mass is 9.95. The molecule has 2 aromatic heterocycles. The molecule has 0 unspecified atom stereocenters. The van der Waals surface area contributed by atoms with Crippen LogP contribution in [-0.4, -0.2) is 79.6 Å². The summed E-state index contributed by atoms with van der Waals surface area (Å²) in [4.78, 5) is 45.1. The molecule has 16 heteroatoms. The number of rotatable bonds is 16. The van der Waals surface area contributed by atoms with E-state index in [1.165, 1.54) is 27.2 Å². The van der Waals surface area contributed by atoms with Gasteiger partial charge < -0.3 is 35.2 Å². The summed E-state index contributed by atoms with van der Waals surface area (Å²) in [5.74, 6) is -2.29. The lowest BCUT2D eigenvalue weighted by Gasteiger charge is -2.24. The van der Waals surface area contributed by atoms with E-state index in [4.69, 9.17) is 32.7 Å². The molecule has 3 atom stereocenters. The number of carbonyl (C=O) groups excluding carboxylic acids is 1. The Morgan fingerprint density at radius 1 is 0.906 bits per heavy atom. The van der Waals surface area contributed by atoms with E-state index in [-0.39, 0.29) is 46.3 Å². The van der Waals surface area contributed by atoms with Crippen molar-refractivity contribution in [2.45, 2.75) is 57.0 Å². The van der Waals surface area contributed by atoms with Crippen LogP contribution in [0.2, 0.25) is 10.0 Å². The highest BCUT2D eigenvalue weighted by Gasteiger charge is 2.34. The van der Waals surface area contributed by atoms with E-state index < -0.39 is 48.2 Å². The average Bonchev–Trinajstić information content (AvgIpc) is 3.56. The molecular formula is C37H39Cl2N5O9. The Balaban J connectivity index is 1.31. The number of anilines is 1. The second-order valence-corrected chi connectivity index (χ2v) is 13.7. The van der Waals surface area contributed by atoms with Gasteiger partial charge in [-0.3, -0.25) is 25.0 Å². The Kier molecular flexibility index (Phi) is 12.2. The van der Waals surface area contributed by atoms with Crippen molar-refractivity contribution >= 4 is 46.9 Å². The number of carbonyl (C=O) groups is 3. The standard InChI is InChI=1S/C37H39Cl2N5O9/c1-36(18-45,34(48)49)41-16-20-10-13-29(40-15-20)43-31(47)26-9-5-8-25(30(26)39)22-6-4-7-24-23(22)11-12-28(24)53-33-27(38)14-21(32(44-33)52-3)17-42-37(2,19-46)35(50)51/h4-10,13-15,28,41-42,45-46H,11-12,16-19H2,1-3H3,(H,48,49)(H,50,51)(H,40,43,47)/t28-,36-,37-/m0/s1. The molecular weight excluding hydrogens is 729 g/mol. The Morgan fingerprint density at radius 2 is 1.57 bits per heavy atom. The van der Waals surface area contributed by atoms with Crippen molar-refractivity contribution in [2.24, 2.45) is 0 Å². The summed E-state index contributed by atoms with van der Waals surface area (Å²) in [7, 11) is 1.42. The van der Waals surface area contributed by atoms with Crippen LogP contribution in [0.4, 0.5) is 5.82 Å². The number of ether oxygens (including phenoxy) is 2. The molecule has 7 N–H and O–H groups in total. The molecule has 4 aromatic rings. The van der Waals surface area contributed by atoms with Crippen LogP contribution in [0.5, 0.6) is 11.8 Å². The van der Waals surface area contributed by atoms with Crippen LogP contribution in [0.3, 0.4) is 0 Å². The molecule has 0 radical (unpaired) electrons. The van der Waals surface area contributed by atoms with Gasteiger partial charge in [0, 0.05) is 30.4 Å². The topological polar surface area (TPSA) is 212 Å². The fraction of sp³-hybridized carbons (Fsp3) is 0.324. The SMILES string of the molecule is COc1nc(O[C@H]2CCc3c(-c4cccc(C(=O)Nc5ccc(CN[C@@](C)(CO)C(=O)O)cn5)c4Cl)cccc32)c(Cl)cc1CN[C@@](C)(CO)C(=O)O. The summed E-state index contributed by atoms with van der Waals surface area (Å²) < 4.78 is 11.8. The average molecular weight is 769 g/mol. The molecule has 2 heterocycles. The molecule has 5 rings (SSSR count). The van der Waals surface area contributed by atoms with Gasteiger partial charge in [-0.05, 0) is 67.1 Å². The summed E-state index contributed by atoms with van der Waals surface area (Å²) in [6, 6.07) is 15.8. The Bertz CT molecular complexity index is 2020. The molecule has 0 saturated heterocycles. The van der Waals surface area contributed by atoms with Crippen LogP contribution in [0.1, 0.15) is 59.0 Å². The number of nitrogens with zero attached hydrogens (tertiary/aromatic N) is 2. The van der Waals surface area contributed by atoms with Crippen molar-refractivity contribution in [3.63, 3.8) is 0 Å². The molecule has 1 aliphatic rings. The number of aliphatic hydroxyl groups excluding tert-OH is 2. The van der Waals surface area contributed by atoms with Crippen molar-refractivity contribution in [1.82, 2.24) is 20.6 Å². The predicted molar refractivity (Wildman–Crippen MR) is 196 cm³/mol. The van der Waals surface area contributed by atoms with E-state index >= 15 is 0 Å². The first-order valence-corrected chi connectivity index (χ1v) is 17.2. The van der Waals surface area contributed by atoms with Gasteiger partial charge in [-0.25, -0.2) is 4.98 Å². The number of aromatic nitrogens is 2. The smallest absolute Gasteiger partial charge is 0.326 e. The third-order valence-corrected chi connectivity index (χ3v) is 9.85. The molecule has 14 nitrogen and oxygen atoms in total. The first kappa shape index (κ1) is 39.4. The summed E-state index contributed by atoms with van der Waals surface area (Å²) >= 11 is 13.5. The Morgan fingerprint density at radius 3 is 2.19 bits per heavy atom. The number of pyridine rings is 2. The van der Waals surface area contributed by atoms with Gasteiger partial charge in [-0.15, -0.1) is 0 Å². The largest absolute Gasteiger partial charge is 0.481 e. The molecule has 0 saturated carbocycles. The molecule has 1 aliphatic carbocycles. The number of nitrogens with one attached hydrogen (secondary N) is 3. The van der Waals surface area contributed by atoms with E-state index in [0.29, 0.717) is 29.5 Å². The van der Waals surface area contributed by atoms with Gasteiger partial charge in [0.1, 0.15) is 28.0 Å². The first-order valence-electron chi connectivity index (χ1n) is 16.5. The van der Waals surface area contributed by atoms with Crippen molar-refractivity contribution in [3.8, 4) is 22.9 Å². The lowest BCUT2D eigenvalue weighted by Crippen LogP contribution is -2.52. The fourth-order valence-electron chi connectivity index (χ4n) is 5.69. The van der Waals surface area contributed by atoms with Crippen LogP contribution in [0.15, 0.2) is 60.8 Å². The summed E-state index contributed by atoms with van der Waals surface area (Å²) in [6.45, 7) is 1.66. The second kappa shape index (κ2) is 16.5. The minimum absolute atomic E-state index is 0.00931. The number of fused-ring (bicyclic) bond motifs is 1. The van der Waals surface area contributed by atoms with Gasteiger partial charge in [0.15, 0.2) is 0 Å². The molecule has 2 aromatic carbocycles. The van der Waals surface area contributed by atoms with Gasteiger partial charge in [0.05, 0.1) is 30.9 Å². The molecule has 0 bridgehead atoms. The number of hydrogen-bond acceptors (Lipinski definition) is 11. The van der Waals surface area contributed by atoms with E-state index in [9.17, 15) is 34.8 Å². The molecule has 53 heavy (non-hydrogen) atoms. The highest BCUT2D eigenvalue weighted by molar-refractivity contribution is 6.37.